The van der Waals surface area contributed by atoms with Gasteiger partial charge in [-0.2, -0.15) is 0 Å². The zero-order chi connectivity index (χ0) is 96.9. The van der Waals surface area contributed by atoms with Crippen molar-refractivity contribution in [3.8, 4) is 0 Å². The first-order valence-corrected chi connectivity index (χ1v) is 57.2. The molecule has 6 aliphatic rings. The molecule has 15 aromatic rings. The second kappa shape index (κ2) is 31.6. The van der Waals surface area contributed by atoms with Crippen molar-refractivity contribution in [3.63, 3.8) is 0 Å². The molecule has 0 saturated heterocycles. The normalized spacial score (nSPS) is 14.5. The number of rotatable bonds is 11. The van der Waals surface area contributed by atoms with E-state index < -0.39 is 21.6 Å². The third-order valence-electron chi connectivity index (χ3n) is 31.2. The van der Waals surface area contributed by atoms with E-state index in [0.717, 1.165) is 34.1 Å². The van der Waals surface area contributed by atoms with Gasteiger partial charge >= 0.3 is 0 Å². The van der Waals surface area contributed by atoms with Crippen molar-refractivity contribution in [2.24, 2.45) is 0 Å². The lowest BCUT2D eigenvalue weighted by molar-refractivity contribution is 0.590. The van der Waals surface area contributed by atoms with Crippen LogP contribution >= 0.6 is 0 Å². The van der Waals surface area contributed by atoms with Gasteiger partial charge in [0.05, 0.1) is 16.1 Å². The van der Waals surface area contributed by atoms with Crippen molar-refractivity contribution >= 4 is 198 Å². The minimum absolute atomic E-state index is 0.0567. The summed E-state index contributed by atoms with van der Waals surface area (Å²) in [6.45, 7) is 68.7. The Labute approximate surface area is 821 Å². The van der Waals surface area contributed by atoms with Gasteiger partial charge in [0.2, 0.25) is 0 Å². The highest BCUT2D eigenvalue weighted by Crippen LogP contribution is 2.55. The second-order valence-electron chi connectivity index (χ2n) is 49.2. The zero-order valence-electron chi connectivity index (χ0n) is 86.6. The van der Waals surface area contributed by atoms with Crippen molar-refractivity contribution in [1.82, 2.24) is 0 Å². The minimum Gasteiger partial charge on any atom is -0.311 e. The van der Waals surface area contributed by atoms with Crippen LogP contribution in [0.5, 0.6) is 0 Å². The largest absolute Gasteiger partial charge is 0.311 e. The van der Waals surface area contributed by atoms with Crippen LogP contribution in [-0.2, 0) is 37.9 Å². The number of benzene rings is 15. The molecular weight excluding hydrogens is 1690 g/mol. The van der Waals surface area contributed by atoms with E-state index in [1.54, 1.807) is 0 Å². The van der Waals surface area contributed by atoms with Crippen LogP contribution in [0.25, 0.3) is 0 Å². The number of nitrogens with zero attached hydrogens (tertiary/aromatic N) is 6. The summed E-state index contributed by atoms with van der Waals surface area (Å²) >= 11 is 0. The summed E-state index contributed by atoms with van der Waals surface area (Å²) in [6, 6.07) is 119. The van der Waals surface area contributed by atoms with Gasteiger partial charge in [0.1, 0.15) is 0 Å². The monoisotopic (exact) mass is 1820 g/mol. The zero-order valence-corrected chi connectivity index (χ0v) is 88.6. The van der Waals surface area contributed by atoms with Crippen LogP contribution in [0.1, 0.15) is 204 Å². The molecular formula is C126H135B3N6Si2. The molecule has 0 aliphatic carbocycles. The molecule has 6 aliphatic heterocycles. The van der Waals surface area contributed by atoms with E-state index >= 15 is 0 Å². The Balaban J connectivity index is 0.966. The molecule has 0 amide bonds. The van der Waals surface area contributed by atoms with Crippen molar-refractivity contribution in [3.05, 3.63) is 364 Å². The summed E-state index contributed by atoms with van der Waals surface area (Å²) in [5, 5.41) is 2.86. The first kappa shape index (κ1) is 91.2. The summed E-state index contributed by atoms with van der Waals surface area (Å²) < 4.78 is 0. The van der Waals surface area contributed by atoms with Gasteiger partial charge in [-0.1, -0.05) is 325 Å². The van der Waals surface area contributed by atoms with Gasteiger partial charge in [-0.25, -0.2) is 0 Å². The summed E-state index contributed by atoms with van der Waals surface area (Å²) in [5.41, 5.74) is 47.3. The van der Waals surface area contributed by atoms with Crippen LogP contribution < -0.4 is 88.9 Å². The predicted molar refractivity (Wildman–Crippen MR) is 604 cm³/mol. The van der Waals surface area contributed by atoms with Crippen LogP contribution in [-0.4, -0.2) is 36.3 Å². The number of anilines is 18. The average Bonchev–Trinajstić information content (AvgIpc) is 0.670. The molecule has 11 heteroatoms. The molecule has 0 atom stereocenters. The molecule has 0 bridgehead atoms. The van der Waals surface area contributed by atoms with Crippen LogP contribution in [0.2, 0.25) is 39.3 Å². The Hall–Kier alpha value is -12.3. The lowest BCUT2D eigenvalue weighted by atomic mass is 9.29. The topological polar surface area (TPSA) is 19.4 Å². The smallest absolute Gasteiger partial charge is 0.252 e. The van der Waals surface area contributed by atoms with Crippen molar-refractivity contribution in [2.45, 2.75) is 236 Å². The predicted octanol–water partition coefficient (Wildman–Crippen LogP) is 27.4. The number of hydrogen-bond acceptors (Lipinski definition) is 6. The standard InChI is InChI=1S/C126H135B3N6Si2/c1-78-39-50-88(51-40-78)133-105-36-30-33-96(114(105)127-99-75-85(123(14,15)16)47-66-102(99)130(108-69-79(2)72-111(133)117(108)127)89-52-41-82(42-53-89)120(5,6)7)126(23,97-34-31-37-106-115(97)128-100-76-86(124(17,18)19)48-67-103(100)131(90-54-43-83(44-55-90)121(8,9)10)109-70-80(3)73-112(118(109)128)134(106)92-58-62-94(63-59-92)136(24,25)26)98-35-32-38-107-116(98)129-101-77-87(125(20,21)22)49-68-104(101)132(91-56-45-84(46-57-91)122(11,12)13)110-71-81(4)74-113(119(110)129)135(107)93-60-64-95(65-61-93)137(27,28)29/h30-77H,1-29H3. The highest BCUT2D eigenvalue weighted by molar-refractivity contribution is 7.03. The maximum Gasteiger partial charge on any atom is 0.252 e. The third kappa shape index (κ3) is 14.9. The molecule has 6 nitrogen and oxygen atoms in total. The lowest BCUT2D eigenvalue weighted by Gasteiger charge is -2.50. The summed E-state index contributed by atoms with van der Waals surface area (Å²) in [6.07, 6.45) is 0. The van der Waals surface area contributed by atoms with E-state index in [9.17, 15) is 0 Å². The molecule has 15 aromatic carbocycles. The highest BCUT2D eigenvalue weighted by Gasteiger charge is 2.55. The summed E-state index contributed by atoms with van der Waals surface area (Å²) in [4.78, 5) is 16.1. The Morgan fingerprint density at radius 2 is 0.394 bits per heavy atom. The summed E-state index contributed by atoms with van der Waals surface area (Å²) in [7, 11) is -3.66. The SMILES string of the molecule is Cc1ccc(N2c3cc(C)cc4c3B(c3cc(C(C)(C)C)ccc3N4c3ccc(C(C)(C)C)cc3)c3c2cccc3C(C)(c2cccc3c2B2c4cc(C(C)(C)C)ccc4N(c4ccc(C(C)(C)C)cc4)c4cc(C)cc(c42)N3c2ccc([Si](C)(C)C)cc2)c2cccc3c2B2c4cc(C(C)(C)C)ccc4N(c4ccc(C(C)(C)C)cc4)c4cc(C)cc(c42)N3c2ccc([Si](C)(C)C)cc2)cc1. The molecule has 0 aromatic heterocycles. The van der Waals surface area contributed by atoms with Crippen molar-refractivity contribution in [1.29, 1.82) is 0 Å². The van der Waals surface area contributed by atoms with Gasteiger partial charge in [-0.3, -0.25) is 0 Å². The Bertz CT molecular complexity index is 7090. The number of aryl methyl sites for hydroxylation is 4. The van der Waals surface area contributed by atoms with Gasteiger partial charge in [0.25, 0.3) is 20.1 Å². The third-order valence-corrected chi connectivity index (χ3v) is 35.3. The average molecular weight is 1820 g/mol. The van der Waals surface area contributed by atoms with E-state index in [2.05, 4.69) is 519 Å². The van der Waals surface area contributed by atoms with Gasteiger partial charge in [-0.05, 0) is 329 Å². The van der Waals surface area contributed by atoms with Gasteiger partial charge < -0.3 is 29.4 Å². The molecule has 0 radical (unpaired) electrons. The molecule has 0 saturated carbocycles. The van der Waals surface area contributed by atoms with Gasteiger partial charge in [0, 0.05) is 108 Å². The van der Waals surface area contributed by atoms with Crippen LogP contribution in [0.4, 0.5) is 102 Å². The molecule has 686 valence electrons. The maximum absolute atomic E-state index is 2.74. The van der Waals surface area contributed by atoms with Crippen molar-refractivity contribution < 1.29 is 0 Å². The molecule has 0 fully saturated rings. The molecule has 0 N–H and O–H groups in total. The fraction of sp³-hybridized carbons (Fsp3) is 0.286. The first-order chi connectivity index (χ1) is 64.5. The maximum atomic E-state index is 2.74. The molecule has 137 heavy (non-hydrogen) atoms. The minimum atomic E-state index is -1.83. The van der Waals surface area contributed by atoms with Gasteiger partial charge in [0.15, 0.2) is 0 Å². The number of hydrogen-bond donors (Lipinski definition) is 0. The van der Waals surface area contributed by atoms with Crippen molar-refractivity contribution in [2.75, 3.05) is 29.4 Å². The molecule has 6 heterocycles. The first-order valence-electron chi connectivity index (χ1n) is 50.2. The fourth-order valence-electron chi connectivity index (χ4n) is 23.6. The quantitative estimate of drug-likeness (QED) is 0.0943. The number of fused-ring (bicyclic) bond motifs is 12. The van der Waals surface area contributed by atoms with E-state index in [0.29, 0.717) is 0 Å². The fourth-order valence-corrected chi connectivity index (χ4v) is 25.9. The van der Waals surface area contributed by atoms with Crippen LogP contribution in [0, 0.1) is 27.7 Å². The Morgan fingerprint density at radius 1 is 0.190 bits per heavy atom. The summed E-state index contributed by atoms with van der Waals surface area (Å²) in [5.74, 6) is 0. The highest BCUT2D eigenvalue weighted by atomic mass is 28.3. The van der Waals surface area contributed by atoms with E-state index in [-0.39, 0.29) is 52.6 Å². The molecule has 0 spiro atoms. The van der Waals surface area contributed by atoms with Gasteiger partial charge in [-0.15, -0.1) is 0 Å². The van der Waals surface area contributed by atoms with Crippen LogP contribution in [0.15, 0.2) is 291 Å². The Morgan fingerprint density at radius 3 is 0.613 bits per heavy atom. The van der Waals surface area contributed by atoms with E-state index in [4.69, 9.17) is 0 Å². The Kier molecular flexibility index (Phi) is 21.0. The molecule has 21 rings (SSSR count). The lowest BCUT2D eigenvalue weighted by Crippen LogP contribution is -2.66. The van der Waals surface area contributed by atoms with Crippen LogP contribution in [0.3, 0.4) is 0 Å². The molecule has 0 unspecified atom stereocenters. The van der Waals surface area contributed by atoms with E-state index in [1.165, 1.54) is 200 Å². The van der Waals surface area contributed by atoms with E-state index in [1.807, 2.05) is 0 Å². The second-order valence-corrected chi connectivity index (χ2v) is 59.3.